The van der Waals surface area contributed by atoms with Crippen LogP contribution in [0.2, 0.25) is 0 Å². The van der Waals surface area contributed by atoms with E-state index in [1.807, 2.05) is 19.1 Å². The van der Waals surface area contributed by atoms with Crippen molar-refractivity contribution in [1.29, 1.82) is 0 Å². The van der Waals surface area contributed by atoms with Gasteiger partial charge in [-0.3, -0.25) is 0 Å². The second kappa shape index (κ2) is 5.24. The number of ether oxygens (including phenoxy) is 1. The van der Waals surface area contributed by atoms with Crippen LogP contribution in [0.25, 0.3) is 5.65 Å². The number of rotatable bonds is 2. The first-order chi connectivity index (χ1) is 10.3. The predicted molar refractivity (Wildman–Crippen MR) is 74.7 cm³/mol. The lowest BCUT2D eigenvalue weighted by Gasteiger charge is -2.08. The third-order valence-electron chi connectivity index (χ3n) is 2.79. The molecule has 1 aromatic carbocycles. The monoisotopic (exact) mass is 372 g/mol. The first-order valence-corrected chi connectivity index (χ1v) is 6.87. The molecule has 2 aromatic heterocycles. The zero-order valence-corrected chi connectivity index (χ0v) is 12.7. The zero-order chi connectivity index (χ0) is 15.9. The summed E-state index contributed by atoms with van der Waals surface area (Å²) in [5.74, 6) is -0.752. The molecule has 0 atom stereocenters. The SMILES string of the molecule is Cc1ccc(Oc2ccc3nnc(C(F)(F)F)n3n2)c(Br)c1. The van der Waals surface area contributed by atoms with Crippen LogP contribution in [-0.2, 0) is 6.18 Å². The molecule has 0 saturated carbocycles. The van der Waals surface area contributed by atoms with Gasteiger partial charge >= 0.3 is 6.18 Å². The Morgan fingerprint density at radius 2 is 1.91 bits per heavy atom. The van der Waals surface area contributed by atoms with Crippen LogP contribution >= 0.6 is 15.9 Å². The van der Waals surface area contributed by atoms with E-state index in [1.165, 1.54) is 12.1 Å². The van der Waals surface area contributed by atoms with Crippen molar-refractivity contribution in [3.63, 3.8) is 0 Å². The fourth-order valence-electron chi connectivity index (χ4n) is 1.80. The Bertz CT molecular complexity index is 847. The van der Waals surface area contributed by atoms with E-state index in [0.29, 0.717) is 14.7 Å². The van der Waals surface area contributed by atoms with E-state index in [4.69, 9.17) is 4.74 Å². The van der Waals surface area contributed by atoms with Crippen LogP contribution in [0.3, 0.4) is 0 Å². The van der Waals surface area contributed by atoms with Gasteiger partial charge < -0.3 is 4.74 Å². The Labute approximate surface area is 130 Å². The summed E-state index contributed by atoms with van der Waals surface area (Å²) in [6.07, 6.45) is -4.64. The normalized spacial score (nSPS) is 11.9. The quantitative estimate of drug-likeness (QED) is 0.681. The molecule has 0 radical (unpaired) electrons. The summed E-state index contributed by atoms with van der Waals surface area (Å²) in [5.41, 5.74) is 1.00. The number of hydrogen-bond acceptors (Lipinski definition) is 4. The minimum absolute atomic E-state index is 0.00218. The predicted octanol–water partition coefficient (Wildman–Crippen LogP) is 4.01. The van der Waals surface area contributed by atoms with E-state index in [1.54, 1.807) is 6.07 Å². The molecular weight excluding hydrogens is 365 g/mol. The zero-order valence-electron chi connectivity index (χ0n) is 11.1. The van der Waals surface area contributed by atoms with E-state index in [-0.39, 0.29) is 11.5 Å². The lowest BCUT2D eigenvalue weighted by Crippen LogP contribution is -2.12. The van der Waals surface area contributed by atoms with Gasteiger partial charge in [0.05, 0.1) is 4.47 Å². The number of alkyl halides is 3. The maximum absolute atomic E-state index is 12.8. The number of fused-ring (bicyclic) bond motifs is 1. The van der Waals surface area contributed by atoms with Crippen LogP contribution in [0.5, 0.6) is 11.6 Å². The summed E-state index contributed by atoms with van der Waals surface area (Å²) in [7, 11) is 0. The number of halogens is 4. The summed E-state index contributed by atoms with van der Waals surface area (Å²) in [6.45, 7) is 1.91. The first-order valence-electron chi connectivity index (χ1n) is 6.08. The molecule has 3 rings (SSSR count). The van der Waals surface area contributed by atoms with Gasteiger partial charge in [0, 0.05) is 6.07 Å². The number of nitrogens with zero attached hydrogens (tertiary/aromatic N) is 4. The molecule has 0 N–H and O–H groups in total. The maximum Gasteiger partial charge on any atom is 0.453 e. The Kier molecular flexibility index (Phi) is 3.51. The van der Waals surface area contributed by atoms with Gasteiger partial charge in [-0.25, -0.2) is 0 Å². The largest absolute Gasteiger partial charge is 0.453 e. The van der Waals surface area contributed by atoms with Crippen LogP contribution in [0.4, 0.5) is 13.2 Å². The molecule has 0 saturated heterocycles. The Morgan fingerprint density at radius 3 is 2.59 bits per heavy atom. The summed E-state index contributed by atoms with van der Waals surface area (Å²) in [6, 6.07) is 8.12. The van der Waals surface area contributed by atoms with Crippen LogP contribution in [-0.4, -0.2) is 19.8 Å². The number of hydrogen-bond donors (Lipinski definition) is 0. The van der Waals surface area contributed by atoms with Gasteiger partial charge in [0.1, 0.15) is 5.75 Å². The van der Waals surface area contributed by atoms with Gasteiger partial charge in [-0.15, -0.1) is 15.3 Å². The fraction of sp³-hybridized carbons (Fsp3) is 0.154. The third-order valence-corrected chi connectivity index (χ3v) is 3.41. The summed E-state index contributed by atoms with van der Waals surface area (Å²) in [4.78, 5) is 0. The Hall–Kier alpha value is -2.16. The second-order valence-corrected chi connectivity index (χ2v) is 5.35. The molecule has 3 aromatic rings. The van der Waals surface area contributed by atoms with E-state index in [0.717, 1.165) is 5.56 Å². The number of benzene rings is 1. The molecule has 0 unspecified atom stereocenters. The van der Waals surface area contributed by atoms with Crippen LogP contribution in [0, 0.1) is 6.92 Å². The topological polar surface area (TPSA) is 52.3 Å². The second-order valence-electron chi connectivity index (χ2n) is 4.50. The molecule has 0 spiro atoms. The minimum Gasteiger partial charge on any atom is -0.436 e. The van der Waals surface area contributed by atoms with Crippen LogP contribution in [0.15, 0.2) is 34.8 Å². The first kappa shape index (κ1) is 14.8. The Morgan fingerprint density at radius 1 is 1.14 bits per heavy atom. The highest BCUT2D eigenvalue weighted by molar-refractivity contribution is 9.10. The van der Waals surface area contributed by atoms with Crippen molar-refractivity contribution in [1.82, 2.24) is 19.8 Å². The van der Waals surface area contributed by atoms with Crippen molar-refractivity contribution in [3.05, 3.63) is 46.2 Å². The highest BCUT2D eigenvalue weighted by Gasteiger charge is 2.37. The molecule has 0 fully saturated rings. The van der Waals surface area contributed by atoms with Gasteiger partial charge in [-0.05, 0) is 46.6 Å². The standard InChI is InChI=1S/C13H8BrF3N4O/c1-7-2-3-9(8(14)6-7)22-11-5-4-10-18-19-12(13(15,16)17)21(10)20-11/h2-6H,1H3. The molecule has 22 heavy (non-hydrogen) atoms. The fourth-order valence-corrected chi connectivity index (χ4v) is 2.38. The van der Waals surface area contributed by atoms with E-state index in [2.05, 4.69) is 31.2 Å². The van der Waals surface area contributed by atoms with Crippen molar-refractivity contribution < 1.29 is 17.9 Å². The summed E-state index contributed by atoms with van der Waals surface area (Å²) in [5, 5.41) is 10.3. The molecular formula is C13H8BrF3N4O. The van der Waals surface area contributed by atoms with Crippen LogP contribution in [0.1, 0.15) is 11.4 Å². The van der Waals surface area contributed by atoms with Gasteiger partial charge in [0.25, 0.3) is 5.82 Å². The average molecular weight is 373 g/mol. The average Bonchev–Trinajstić information content (AvgIpc) is 2.85. The summed E-state index contributed by atoms with van der Waals surface area (Å²) < 4.78 is 45.2. The highest BCUT2D eigenvalue weighted by Crippen LogP contribution is 2.31. The van der Waals surface area contributed by atoms with E-state index >= 15 is 0 Å². The van der Waals surface area contributed by atoms with Gasteiger partial charge in [0.15, 0.2) is 5.65 Å². The molecule has 9 heteroatoms. The number of aromatic nitrogens is 4. The van der Waals surface area contributed by atoms with Crippen molar-refractivity contribution in [2.24, 2.45) is 0 Å². The molecule has 5 nitrogen and oxygen atoms in total. The lowest BCUT2D eigenvalue weighted by atomic mass is 10.2. The van der Waals surface area contributed by atoms with Crippen molar-refractivity contribution in [2.45, 2.75) is 13.1 Å². The Balaban J connectivity index is 2.01. The minimum atomic E-state index is -4.64. The molecule has 0 aliphatic heterocycles. The van der Waals surface area contributed by atoms with Gasteiger partial charge in [-0.1, -0.05) is 6.07 Å². The van der Waals surface area contributed by atoms with Crippen molar-refractivity contribution in [2.75, 3.05) is 0 Å². The van der Waals surface area contributed by atoms with Gasteiger partial charge in [0.2, 0.25) is 5.88 Å². The molecule has 0 aliphatic carbocycles. The highest BCUT2D eigenvalue weighted by atomic mass is 79.9. The molecule has 2 heterocycles. The maximum atomic E-state index is 12.8. The smallest absolute Gasteiger partial charge is 0.436 e. The third kappa shape index (κ3) is 2.76. The lowest BCUT2D eigenvalue weighted by molar-refractivity contribution is -0.146. The summed E-state index contributed by atoms with van der Waals surface area (Å²) >= 11 is 3.33. The van der Waals surface area contributed by atoms with E-state index < -0.39 is 12.0 Å². The number of aryl methyl sites for hydroxylation is 1. The van der Waals surface area contributed by atoms with Gasteiger partial charge in [-0.2, -0.15) is 17.7 Å². The molecule has 114 valence electrons. The van der Waals surface area contributed by atoms with E-state index in [9.17, 15) is 13.2 Å². The van der Waals surface area contributed by atoms with Crippen molar-refractivity contribution >= 4 is 21.6 Å². The molecule has 0 amide bonds. The van der Waals surface area contributed by atoms with Crippen molar-refractivity contribution in [3.8, 4) is 11.6 Å². The van der Waals surface area contributed by atoms with Crippen LogP contribution < -0.4 is 4.74 Å². The molecule has 0 bridgehead atoms. The molecule has 0 aliphatic rings.